The van der Waals surface area contributed by atoms with Gasteiger partial charge in [0.2, 0.25) is 11.8 Å². The number of amides is 4. The predicted octanol–water partition coefficient (Wildman–Crippen LogP) is 4.84. The van der Waals surface area contributed by atoms with Crippen LogP contribution in [0.3, 0.4) is 0 Å². The van der Waals surface area contributed by atoms with Gasteiger partial charge in [-0.05, 0) is 66.6 Å². The van der Waals surface area contributed by atoms with Crippen molar-refractivity contribution in [1.29, 1.82) is 0 Å². The summed E-state index contributed by atoms with van der Waals surface area (Å²) in [7, 11) is 1.25. The molecule has 3 aromatic rings. The van der Waals surface area contributed by atoms with Gasteiger partial charge in [0.15, 0.2) is 5.75 Å². The van der Waals surface area contributed by atoms with Crippen LogP contribution in [0.2, 0.25) is 0 Å². The molecule has 0 aliphatic carbocycles. The number of halogens is 1. The zero-order chi connectivity index (χ0) is 30.8. The topological polar surface area (TPSA) is 124 Å². The largest absolute Gasteiger partial charge is 0.487 e. The molecular weight excluding hydrogens is 573 g/mol. The number of hydrogen-bond acceptors (Lipinski definition) is 8. The molecule has 3 aliphatic heterocycles. The third-order valence-electron chi connectivity index (χ3n) is 7.82. The van der Waals surface area contributed by atoms with Gasteiger partial charge in [0, 0.05) is 25.8 Å². The summed E-state index contributed by atoms with van der Waals surface area (Å²) in [5, 5.41) is 2.32. The lowest BCUT2D eigenvalue weighted by Gasteiger charge is -2.30. The molecule has 2 fully saturated rings. The molecule has 4 amide bonds. The Kier molecular flexibility index (Phi) is 8.16. The van der Waals surface area contributed by atoms with Crippen molar-refractivity contribution in [3.63, 3.8) is 0 Å². The first-order valence-corrected chi connectivity index (χ1v) is 14.3. The Morgan fingerprint density at radius 1 is 0.955 bits per heavy atom. The Balaban J connectivity index is 1.37. The van der Waals surface area contributed by atoms with Crippen LogP contribution in [0.25, 0.3) is 0 Å². The van der Waals surface area contributed by atoms with E-state index in [4.69, 9.17) is 18.9 Å². The number of nitrogens with zero attached hydrogens (tertiary/aromatic N) is 2. The second-order valence-electron chi connectivity index (χ2n) is 10.6. The molecule has 3 heterocycles. The van der Waals surface area contributed by atoms with Gasteiger partial charge in [-0.3, -0.25) is 19.7 Å². The molecule has 3 aromatic carbocycles. The summed E-state index contributed by atoms with van der Waals surface area (Å²) in [6, 6.07) is 14.8. The van der Waals surface area contributed by atoms with Crippen LogP contribution in [-0.4, -0.2) is 61.2 Å². The molecule has 0 bridgehead atoms. The molecule has 3 aliphatic rings. The van der Waals surface area contributed by atoms with Crippen molar-refractivity contribution in [3.05, 3.63) is 77.6 Å². The molecule has 0 radical (unpaired) electrons. The monoisotopic (exact) mass is 603 g/mol. The summed E-state index contributed by atoms with van der Waals surface area (Å²) in [6.45, 7) is 1.13. The van der Waals surface area contributed by atoms with Crippen LogP contribution in [-0.2, 0) is 25.6 Å². The summed E-state index contributed by atoms with van der Waals surface area (Å²) < 4.78 is 36.2. The van der Waals surface area contributed by atoms with E-state index in [9.17, 15) is 23.6 Å². The van der Waals surface area contributed by atoms with E-state index >= 15 is 0 Å². The fourth-order valence-corrected chi connectivity index (χ4v) is 5.60. The van der Waals surface area contributed by atoms with E-state index in [1.165, 1.54) is 41.2 Å². The average Bonchev–Trinajstić information content (AvgIpc) is 3.36. The Hall–Kier alpha value is -4.97. The van der Waals surface area contributed by atoms with Crippen molar-refractivity contribution in [3.8, 4) is 17.2 Å². The highest BCUT2D eigenvalue weighted by molar-refractivity contribution is 6.09. The van der Waals surface area contributed by atoms with Gasteiger partial charge in [0.05, 0.1) is 37.3 Å². The second-order valence-corrected chi connectivity index (χ2v) is 10.6. The summed E-state index contributed by atoms with van der Waals surface area (Å²) in [6.07, 6.45) is 0.515. The number of fused-ring (bicyclic) bond motifs is 1. The molecule has 11 nitrogen and oxygen atoms in total. The third-order valence-corrected chi connectivity index (χ3v) is 7.82. The quantitative estimate of drug-likeness (QED) is 0.381. The van der Waals surface area contributed by atoms with Crippen LogP contribution < -0.4 is 19.7 Å². The number of anilines is 2. The van der Waals surface area contributed by atoms with Gasteiger partial charge in [-0.2, -0.15) is 0 Å². The Labute approximate surface area is 252 Å². The minimum atomic E-state index is -0.808. The molecule has 0 spiro atoms. The average molecular weight is 604 g/mol. The molecule has 1 N–H and O–H groups in total. The third kappa shape index (κ3) is 5.80. The Bertz CT molecular complexity index is 1590. The number of nitrogens with one attached hydrogen (secondary N) is 1. The minimum absolute atomic E-state index is 0.129. The number of carbonyl (C=O) groups is 4. The van der Waals surface area contributed by atoms with Crippen LogP contribution in [0, 0.1) is 5.82 Å². The lowest BCUT2D eigenvalue weighted by atomic mass is 10.0. The highest BCUT2D eigenvalue weighted by atomic mass is 19.1. The van der Waals surface area contributed by atoms with E-state index in [2.05, 4.69) is 5.32 Å². The highest BCUT2D eigenvalue weighted by Gasteiger charge is 2.42. The van der Waals surface area contributed by atoms with E-state index < -0.39 is 23.9 Å². The van der Waals surface area contributed by atoms with E-state index in [0.717, 1.165) is 0 Å². The molecule has 44 heavy (non-hydrogen) atoms. The second kappa shape index (κ2) is 12.3. The summed E-state index contributed by atoms with van der Waals surface area (Å²) in [5.41, 5.74) is 1.59. The smallest absolute Gasteiger partial charge is 0.418 e. The maximum atomic E-state index is 14.0. The first kappa shape index (κ1) is 29.1. The van der Waals surface area contributed by atoms with Crippen molar-refractivity contribution in [1.82, 2.24) is 10.2 Å². The number of carbonyl (C=O) groups excluding carboxylic acids is 4. The molecule has 1 unspecified atom stereocenters. The normalized spacial score (nSPS) is 18.5. The standard InChI is InChI=1S/C32H30FN3O8/c1-41-32(40)36(21-5-9-23(10-6-21)43-22-7-3-20(33)4-8-22)25-11-2-19-18-35(26-12-13-27(37)34-30(26)38)31(39)28(19)29(25)44-24-14-16-42-17-15-24/h2-11,24,26H,12-18H2,1H3,(H,34,37,38). The van der Waals surface area contributed by atoms with Gasteiger partial charge in [-0.1, -0.05) is 6.07 Å². The van der Waals surface area contributed by atoms with Crippen LogP contribution in [0.4, 0.5) is 20.6 Å². The van der Waals surface area contributed by atoms with E-state index in [1.54, 1.807) is 36.4 Å². The zero-order valence-corrected chi connectivity index (χ0v) is 23.9. The van der Waals surface area contributed by atoms with Gasteiger partial charge >= 0.3 is 6.09 Å². The number of methoxy groups -OCH3 is 1. The molecule has 2 saturated heterocycles. The highest BCUT2D eigenvalue weighted by Crippen LogP contribution is 2.44. The Morgan fingerprint density at radius 2 is 1.64 bits per heavy atom. The number of rotatable bonds is 7. The fourth-order valence-electron chi connectivity index (χ4n) is 5.60. The maximum absolute atomic E-state index is 14.0. The van der Waals surface area contributed by atoms with Gasteiger partial charge in [0.1, 0.15) is 29.5 Å². The van der Waals surface area contributed by atoms with E-state index in [-0.39, 0.29) is 54.2 Å². The molecule has 0 aromatic heterocycles. The summed E-state index contributed by atoms with van der Waals surface area (Å²) in [4.78, 5) is 54.4. The van der Waals surface area contributed by atoms with Crippen molar-refractivity contribution >= 4 is 35.2 Å². The molecule has 0 saturated carbocycles. The lowest BCUT2D eigenvalue weighted by molar-refractivity contribution is -0.136. The first-order chi connectivity index (χ1) is 21.3. The summed E-state index contributed by atoms with van der Waals surface area (Å²) >= 11 is 0. The van der Waals surface area contributed by atoms with Crippen LogP contribution in [0.1, 0.15) is 41.6 Å². The lowest BCUT2D eigenvalue weighted by Crippen LogP contribution is -2.52. The molecular formula is C32H30FN3O8. The number of piperidine rings is 1. The van der Waals surface area contributed by atoms with Crippen LogP contribution >= 0.6 is 0 Å². The van der Waals surface area contributed by atoms with Gasteiger partial charge < -0.3 is 23.8 Å². The number of benzene rings is 3. The van der Waals surface area contributed by atoms with Crippen molar-refractivity contribution in [2.24, 2.45) is 0 Å². The predicted molar refractivity (Wildman–Crippen MR) is 154 cm³/mol. The van der Waals surface area contributed by atoms with Crippen LogP contribution in [0.5, 0.6) is 17.2 Å². The number of imide groups is 1. The van der Waals surface area contributed by atoms with E-state index in [0.29, 0.717) is 48.8 Å². The fraction of sp³-hybridized carbons (Fsp3) is 0.312. The summed E-state index contributed by atoms with van der Waals surface area (Å²) in [5.74, 6) is -0.606. The van der Waals surface area contributed by atoms with E-state index in [1.807, 2.05) is 0 Å². The molecule has 228 valence electrons. The minimum Gasteiger partial charge on any atom is -0.487 e. The zero-order valence-electron chi connectivity index (χ0n) is 23.9. The van der Waals surface area contributed by atoms with Crippen LogP contribution in [0.15, 0.2) is 60.7 Å². The molecule has 1 atom stereocenters. The molecule has 6 rings (SSSR count). The van der Waals surface area contributed by atoms with Crippen molar-refractivity contribution < 1.29 is 42.5 Å². The number of ether oxygens (including phenoxy) is 4. The SMILES string of the molecule is COC(=O)N(c1ccc(Oc2ccc(F)cc2)cc1)c1ccc2c(c1OC1CCOCC1)C(=O)N(C1CCC(=O)NC1=O)C2. The molecule has 12 heteroatoms. The Morgan fingerprint density at radius 3 is 2.30 bits per heavy atom. The maximum Gasteiger partial charge on any atom is 0.418 e. The van der Waals surface area contributed by atoms with Crippen molar-refractivity contribution in [2.45, 2.75) is 44.4 Å². The van der Waals surface area contributed by atoms with Gasteiger partial charge in [-0.15, -0.1) is 0 Å². The van der Waals surface area contributed by atoms with Gasteiger partial charge in [0.25, 0.3) is 5.91 Å². The number of hydrogen-bond donors (Lipinski definition) is 1. The first-order valence-electron chi connectivity index (χ1n) is 14.3. The van der Waals surface area contributed by atoms with Crippen molar-refractivity contribution in [2.75, 3.05) is 25.2 Å². The van der Waals surface area contributed by atoms with Gasteiger partial charge in [-0.25, -0.2) is 14.1 Å².